The van der Waals surface area contributed by atoms with E-state index in [1.165, 1.54) is 16.7 Å². The largest absolute Gasteiger partial charge is 0.376 e. The zero-order valence-electron chi connectivity index (χ0n) is 14.7. The van der Waals surface area contributed by atoms with E-state index in [2.05, 4.69) is 47.8 Å². The molecule has 0 radical (unpaired) electrons. The van der Waals surface area contributed by atoms with E-state index in [-0.39, 0.29) is 11.5 Å². The molecule has 128 valence electrons. The first-order chi connectivity index (χ1) is 12.2. The minimum atomic E-state index is 0.203. The molecule has 1 unspecified atom stereocenters. The normalized spacial score (nSPS) is 27.8. The lowest BCUT2D eigenvalue weighted by atomic mass is 9.71. The van der Waals surface area contributed by atoms with Crippen molar-refractivity contribution in [2.24, 2.45) is 5.41 Å². The highest BCUT2D eigenvalue weighted by Crippen LogP contribution is 2.53. The highest BCUT2D eigenvalue weighted by Gasteiger charge is 2.48. The highest BCUT2D eigenvalue weighted by molar-refractivity contribution is 5.38. The maximum absolute atomic E-state index is 8.96. The smallest absolute Gasteiger partial charge is 0.0991 e. The molecule has 2 aromatic carbocycles. The molecule has 0 aromatic heterocycles. The predicted molar refractivity (Wildman–Crippen MR) is 98.2 cm³/mol. The van der Waals surface area contributed by atoms with Crippen molar-refractivity contribution in [3.63, 3.8) is 0 Å². The molecule has 1 heterocycles. The fraction of sp³-hybridized carbons (Fsp3) is 0.409. The average Bonchev–Trinajstić information content (AvgIpc) is 2.94. The van der Waals surface area contributed by atoms with E-state index in [0.29, 0.717) is 6.04 Å². The van der Waals surface area contributed by atoms with Crippen LogP contribution in [0.3, 0.4) is 0 Å². The van der Waals surface area contributed by atoms with Gasteiger partial charge in [0.15, 0.2) is 0 Å². The van der Waals surface area contributed by atoms with Gasteiger partial charge in [-0.3, -0.25) is 0 Å². The molecule has 1 N–H and O–H groups in total. The van der Waals surface area contributed by atoms with E-state index in [1.807, 2.05) is 19.2 Å². The molecule has 25 heavy (non-hydrogen) atoms. The van der Waals surface area contributed by atoms with Crippen LogP contribution in [0.4, 0.5) is 0 Å². The Morgan fingerprint density at radius 2 is 2.00 bits per heavy atom. The van der Waals surface area contributed by atoms with Crippen LogP contribution >= 0.6 is 0 Å². The highest BCUT2D eigenvalue weighted by atomic mass is 16.5. The third kappa shape index (κ3) is 2.97. The molecular formula is C22H24N2O. The fourth-order valence-electron chi connectivity index (χ4n) is 4.86. The van der Waals surface area contributed by atoms with Gasteiger partial charge in [-0.2, -0.15) is 5.26 Å². The summed E-state index contributed by atoms with van der Waals surface area (Å²) in [6, 6.07) is 19.4. The lowest BCUT2D eigenvalue weighted by molar-refractivity contribution is -0.0290. The number of rotatable bonds is 3. The van der Waals surface area contributed by atoms with Crippen molar-refractivity contribution in [1.29, 1.82) is 5.26 Å². The molecule has 1 saturated heterocycles. The quantitative estimate of drug-likeness (QED) is 0.930. The summed E-state index contributed by atoms with van der Waals surface area (Å²) >= 11 is 0. The van der Waals surface area contributed by atoms with Crippen molar-refractivity contribution in [2.45, 2.75) is 37.8 Å². The van der Waals surface area contributed by atoms with Gasteiger partial charge in [0.2, 0.25) is 0 Å². The molecule has 1 fully saturated rings. The van der Waals surface area contributed by atoms with Crippen LogP contribution in [0.2, 0.25) is 0 Å². The van der Waals surface area contributed by atoms with E-state index in [1.54, 1.807) is 0 Å². The molecule has 1 spiro atoms. The molecule has 0 bridgehead atoms. The standard InChI is InChI=1S/C22H24N2O/c1-25-21-20-5-3-2-4-18(20)13-22(21)10-11-24-19(14-22)12-16-6-8-17(15-23)9-7-16/h2-9,19,21,24H,10-14H2,1H3/t19-,21+,22?/m1/s1. The summed E-state index contributed by atoms with van der Waals surface area (Å²) < 4.78 is 6.00. The van der Waals surface area contributed by atoms with Crippen molar-refractivity contribution < 1.29 is 4.74 Å². The minimum Gasteiger partial charge on any atom is -0.376 e. The first-order valence-electron chi connectivity index (χ1n) is 9.07. The van der Waals surface area contributed by atoms with E-state index < -0.39 is 0 Å². The van der Waals surface area contributed by atoms with Crippen molar-refractivity contribution in [3.05, 3.63) is 70.8 Å². The van der Waals surface area contributed by atoms with Crippen LogP contribution in [0.25, 0.3) is 0 Å². The Morgan fingerprint density at radius 1 is 1.20 bits per heavy atom. The first kappa shape index (κ1) is 16.3. The van der Waals surface area contributed by atoms with Crippen molar-refractivity contribution in [2.75, 3.05) is 13.7 Å². The SMILES string of the molecule is CO[C@H]1c2ccccc2CC12CCN[C@H](Cc1ccc(C#N)cc1)C2. The lowest BCUT2D eigenvalue weighted by Crippen LogP contribution is -2.47. The van der Waals surface area contributed by atoms with Crippen LogP contribution in [0.15, 0.2) is 48.5 Å². The number of benzene rings is 2. The van der Waals surface area contributed by atoms with Gasteiger partial charge in [-0.1, -0.05) is 36.4 Å². The topological polar surface area (TPSA) is 45.0 Å². The number of hydrogen-bond acceptors (Lipinski definition) is 3. The average molecular weight is 332 g/mol. The van der Waals surface area contributed by atoms with Gasteiger partial charge in [0.25, 0.3) is 0 Å². The zero-order valence-corrected chi connectivity index (χ0v) is 14.7. The third-order valence-electron chi connectivity index (χ3n) is 5.95. The summed E-state index contributed by atoms with van der Waals surface area (Å²) in [5.74, 6) is 0. The Kier molecular flexibility index (Phi) is 4.33. The second-order valence-corrected chi connectivity index (χ2v) is 7.47. The van der Waals surface area contributed by atoms with Gasteiger partial charge in [-0.05, 0) is 61.1 Å². The molecule has 1 aliphatic carbocycles. The summed E-state index contributed by atoms with van der Waals surface area (Å²) in [5.41, 5.74) is 5.05. The third-order valence-corrected chi connectivity index (χ3v) is 5.95. The zero-order chi connectivity index (χ0) is 17.3. The second-order valence-electron chi connectivity index (χ2n) is 7.47. The molecule has 4 rings (SSSR count). The summed E-state index contributed by atoms with van der Waals surface area (Å²) in [6.45, 7) is 1.04. The van der Waals surface area contributed by atoms with Crippen LogP contribution in [-0.2, 0) is 17.6 Å². The summed E-state index contributed by atoms with van der Waals surface area (Å²) in [6.07, 6.45) is 4.60. The number of ether oxygens (including phenoxy) is 1. The van der Waals surface area contributed by atoms with Gasteiger partial charge < -0.3 is 10.1 Å². The molecule has 3 heteroatoms. The van der Waals surface area contributed by atoms with Crippen molar-refractivity contribution in [1.82, 2.24) is 5.32 Å². The van der Waals surface area contributed by atoms with Crippen LogP contribution in [0.1, 0.15) is 41.2 Å². The number of nitrogens with zero attached hydrogens (tertiary/aromatic N) is 1. The van der Waals surface area contributed by atoms with Crippen molar-refractivity contribution in [3.8, 4) is 6.07 Å². The molecule has 1 aliphatic heterocycles. The molecule has 0 saturated carbocycles. The van der Waals surface area contributed by atoms with Crippen LogP contribution in [0.5, 0.6) is 0 Å². The van der Waals surface area contributed by atoms with E-state index >= 15 is 0 Å². The first-order valence-corrected chi connectivity index (χ1v) is 9.07. The van der Waals surface area contributed by atoms with Gasteiger partial charge in [0.05, 0.1) is 17.7 Å². The second kappa shape index (κ2) is 6.63. The monoisotopic (exact) mass is 332 g/mol. The van der Waals surface area contributed by atoms with Gasteiger partial charge in [-0.25, -0.2) is 0 Å². The molecule has 3 nitrogen and oxygen atoms in total. The molecule has 2 aliphatic rings. The number of fused-ring (bicyclic) bond motifs is 1. The Balaban J connectivity index is 1.53. The number of methoxy groups -OCH3 is 1. The minimum absolute atomic E-state index is 0.203. The maximum Gasteiger partial charge on any atom is 0.0991 e. The number of hydrogen-bond donors (Lipinski definition) is 1. The summed E-state index contributed by atoms with van der Waals surface area (Å²) in [5, 5.41) is 12.7. The molecule has 0 amide bonds. The van der Waals surface area contributed by atoms with E-state index in [4.69, 9.17) is 10.00 Å². The van der Waals surface area contributed by atoms with Gasteiger partial charge in [-0.15, -0.1) is 0 Å². The Labute approximate surface area is 149 Å². The van der Waals surface area contributed by atoms with Crippen LogP contribution in [-0.4, -0.2) is 19.7 Å². The number of nitriles is 1. The fourth-order valence-corrected chi connectivity index (χ4v) is 4.86. The van der Waals surface area contributed by atoms with Gasteiger partial charge >= 0.3 is 0 Å². The van der Waals surface area contributed by atoms with Gasteiger partial charge in [0, 0.05) is 18.6 Å². The number of nitrogens with one attached hydrogen (secondary N) is 1. The molecular weight excluding hydrogens is 308 g/mol. The van der Waals surface area contributed by atoms with E-state index in [0.717, 1.165) is 37.8 Å². The molecule has 2 aromatic rings. The van der Waals surface area contributed by atoms with Gasteiger partial charge in [0.1, 0.15) is 0 Å². The summed E-state index contributed by atoms with van der Waals surface area (Å²) in [4.78, 5) is 0. The number of piperidine rings is 1. The van der Waals surface area contributed by atoms with Crippen molar-refractivity contribution >= 4 is 0 Å². The molecule has 3 atom stereocenters. The lowest BCUT2D eigenvalue weighted by Gasteiger charge is -2.42. The van der Waals surface area contributed by atoms with Crippen LogP contribution < -0.4 is 5.32 Å². The Morgan fingerprint density at radius 3 is 2.76 bits per heavy atom. The van der Waals surface area contributed by atoms with Crippen LogP contribution in [0, 0.1) is 16.7 Å². The maximum atomic E-state index is 8.96. The Hall–Kier alpha value is -2.15. The predicted octanol–water partition coefficient (Wildman–Crippen LogP) is 3.78. The van der Waals surface area contributed by atoms with E-state index in [9.17, 15) is 0 Å². The Bertz CT molecular complexity index is 792. The summed E-state index contributed by atoms with van der Waals surface area (Å²) in [7, 11) is 1.85.